The first-order valence-electron chi connectivity index (χ1n) is 9.63. The Bertz CT molecular complexity index is 1210. The van der Waals surface area contributed by atoms with Gasteiger partial charge in [-0.15, -0.1) is 0 Å². The second kappa shape index (κ2) is 10.1. The molecule has 9 nitrogen and oxygen atoms in total. The maximum atomic E-state index is 11.4. The van der Waals surface area contributed by atoms with Crippen LogP contribution in [0.15, 0.2) is 24.3 Å². The fraction of sp³-hybridized carbons (Fsp3) is 0.421. The van der Waals surface area contributed by atoms with Crippen molar-refractivity contribution >= 4 is 43.7 Å². The van der Waals surface area contributed by atoms with Gasteiger partial charge in [-0.3, -0.25) is 0 Å². The number of carboxylic acids is 1. The van der Waals surface area contributed by atoms with E-state index < -0.39 is 22.2 Å². The molecule has 0 spiro atoms. The van der Waals surface area contributed by atoms with Gasteiger partial charge in [-0.1, -0.05) is 31.5 Å². The van der Waals surface area contributed by atoms with Crippen LogP contribution in [-0.4, -0.2) is 53.0 Å². The number of fused-ring (bicyclic) bond motifs is 3. The number of alkyl halides is 3. The number of nitrogens with two attached hydrogens (primary N) is 1. The van der Waals surface area contributed by atoms with E-state index in [1.165, 1.54) is 0 Å². The van der Waals surface area contributed by atoms with Gasteiger partial charge in [0.05, 0.1) is 17.3 Å². The van der Waals surface area contributed by atoms with Gasteiger partial charge in [0.15, 0.2) is 5.82 Å². The van der Waals surface area contributed by atoms with Crippen LogP contribution >= 0.6 is 0 Å². The number of nitrogen functional groups attached to an aromatic ring is 1. The molecule has 0 amide bonds. The Labute approximate surface area is 182 Å². The van der Waals surface area contributed by atoms with E-state index in [0.29, 0.717) is 24.4 Å². The lowest BCUT2D eigenvalue weighted by Crippen LogP contribution is -2.26. The summed E-state index contributed by atoms with van der Waals surface area (Å²) in [7, 11) is -3.23. The van der Waals surface area contributed by atoms with Gasteiger partial charge in [0.1, 0.15) is 11.3 Å². The summed E-state index contributed by atoms with van der Waals surface area (Å²) in [6.07, 6.45) is -1.04. The molecule has 0 aliphatic rings. The maximum absolute atomic E-state index is 11.4. The number of aryl methyl sites for hydroxylation is 1. The standard InChI is InChI=1S/C17H23N5O2S.C2HF3O2/c1-3-4-9-14-21-15-16(22(14)11-10-19-25(2,23)24)12-7-5-6-8-13(12)20-17(15)18;3-2(4,5)1(6)7/h5-8,19H,3-4,9-11H2,1-2H3,(H2,18,20);(H,6,7). The molecule has 13 heteroatoms. The number of aliphatic carboxylic acids is 1. The molecular formula is C19H24F3N5O4S. The van der Waals surface area contributed by atoms with Crippen LogP contribution < -0.4 is 10.5 Å². The smallest absolute Gasteiger partial charge is 0.475 e. The molecule has 1 aromatic carbocycles. The number of aromatic nitrogens is 3. The van der Waals surface area contributed by atoms with Crippen molar-refractivity contribution in [3.8, 4) is 0 Å². The molecule has 0 fully saturated rings. The van der Waals surface area contributed by atoms with Gasteiger partial charge in [0.2, 0.25) is 10.0 Å². The highest BCUT2D eigenvalue weighted by molar-refractivity contribution is 7.88. The lowest BCUT2D eigenvalue weighted by atomic mass is 10.2. The van der Waals surface area contributed by atoms with Crippen molar-refractivity contribution in [3.63, 3.8) is 0 Å². The molecule has 0 atom stereocenters. The van der Waals surface area contributed by atoms with E-state index in [1.807, 2.05) is 24.3 Å². The third kappa shape index (κ3) is 6.53. The molecule has 3 rings (SSSR count). The number of nitrogens with zero attached hydrogens (tertiary/aromatic N) is 3. The summed E-state index contributed by atoms with van der Waals surface area (Å²) in [5.74, 6) is -1.44. The molecule has 2 heterocycles. The monoisotopic (exact) mass is 475 g/mol. The number of carboxylic acid groups (broad SMARTS) is 1. The number of hydrogen-bond acceptors (Lipinski definition) is 6. The third-order valence-electron chi connectivity index (χ3n) is 4.39. The van der Waals surface area contributed by atoms with E-state index in [2.05, 4.69) is 21.2 Å². The van der Waals surface area contributed by atoms with Crippen LogP contribution in [0.3, 0.4) is 0 Å². The minimum absolute atomic E-state index is 0.306. The fourth-order valence-electron chi connectivity index (χ4n) is 3.01. The molecule has 32 heavy (non-hydrogen) atoms. The Kier molecular flexibility index (Phi) is 8.02. The highest BCUT2D eigenvalue weighted by Crippen LogP contribution is 2.29. The number of sulfonamides is 1. The number of carbonyl (C=O) groups is 1. The predicted octanol–water partition coefficient (Wildman–Crippen LogP) is 2.69. The van der Waals surface area contributed by atoms with Gasteiger partial charge in [0, 0.05) is 24.9 Å². The summed E-state index contributed by atoms with van der Waals surface area (Å²) in [4.78, 5) is 18.1. The number of benzene rings is 1. The molecule has 0 bridgehead atoms. The molecule has 0 saturated heterocycles. The SMILES string of the molecule is CCCCc1nc2c(N)nc3ccccc3c2n1CCNS(C)(=O)=O.O=C(O)C(F)(F)F. The molecular weight excluding hydrogens is 451 g/mol. The summed E-state index contributed by atoms with van der Waals surface area (Å²) < 4.78 is 59.1. The Morgan fingerprint density at radius 1 is 1.25 bits per heavy atom. The Morgan fingerprint density at radius 3 is 2.44 bits per heavy atom. The van der Waals surface area contributed by atoms with Crippen molar-refractivity contribution in [2.45, 2.75) is 38.9 Å². The number of para-hydroxylation sites is 1. The van der Waals surface area contributed by atoms with Crippen molar-refractivity contribution in [2.24, 2.45) is 0 Å². The van der Waals surface area contributed by atoms with Crippen LogP contribution in [0, 0.1) is 0 Å². The average Bonchev–Trinajstić information content (AvgIpc) is 3.04. The van der Waals surface area contributed by atoms with Crippen molar-refractivity contribution in [3.05, 3.63) is 30.1 Å². The minimum Gasteiger partial charge on any atom is -0.475 e. The van der Waals surface area contributed by atoms with E-state index >= 15 is 0 Å². The second-order valence-corrected chi connectivity index (χ2v) is 8.80. The number of hydrogen-bond donors (Lipinski definition) is 3. The van der Waals surface area contributed by atoms with E-state index in [9.17, 15) is 21.6 Å². The Morgan fingerprint density at radius 2 is 1.88 bits per heavy atom. The van der Waals surface area contributed by atoms with E-state index in [-0.39, 0.29) is 0 Å². The van der Waals surface area contributed by atoms with Gasteiger partial charge >= 0.3 is 12.1 Å². The number of pyridine rings is 1. The molecule has 2 aromatic heterocycles. The highest BCUT2D eigenvalue weighted by Gasteiger charge is 2.38. The van der Waals surface area contributed by atoms with Gasteiger partial charge < -0.3 is 15.4 Å². The largest absolute Gasteiger partial charge is 0.490 e. The molecule has 0 aliphatic heterocycles. The topological polar surface area (TPSA) is 140 Å². The summed E-state index contributed by atoms with van der Waals surface area (Å²) >= 11 is 0. The number of unbranched alkanes of at least 4 members (excludes halogenated alkanes) is 1. The van der Waals surface area contributed by atoms with Crippen LogP contribution in [0.2, 0.25) is 0 Å². The van der Waals surface area contributed by atoms with Crippen LogP contribution in [-0.2, 0) is 27.8 Å². The molecule has 0 unspecified atom stereocenters. The number of halogens is 3. The van der Waals surface area contributed by atoms with Crippen molar-refractivity contribution in [1.29, 1.82) is 0 Å². The number of anilines is 1. The summed E-state index contributed by atoms with van der Waals surface area (Å²) in [5.41, 5.74) is 8.55. The third-order valence-corrected chi connectivity index (χ3v) is 5.11. The summed E-state index contributed by atoms with van der Waals surface area (Å²) in [6.45, 7) is 2.93. The first-order chi connectivity index (χ1) is 14.8. The molecule has 4 N–H and O–H groups in total. The Hall–Kier alpha value is -2.93. The van der Waals surface area contributed by atoms with E-state index in [4.69, 9.17) is 20.6 Å². The van der Waals surface area contributed by atoms with Crippen molar-refractivity contribution < 1.29 is 31.5 Å². The lowest BCUT2D eigenvalue weighted by molar-refractivity contribution is -0.192. The quantitative estimate of drug-likeness (QED) is 0.477. The summed E-state index contributed by atoms with van der Waals surface area (Å²) in [6, 6.07) is 7.79. The Balaban J connectivity index is 0.000000451. The van der Waals surface area contributed by atoms with Crippen molar-refractivity contribution in [2.75, 3.05) is 18.5 Å². The number of rotatable bonds is 7. The van der Waals surface area contributed by atoms with Gasteiger partial charge in [0.25, 0.3) is 0 Å². The van der Waals surface area contributed by atoms with Crippen LogP contribution in [0.25, 0.3) is 21.9 Å². The molecule has 0 radical (unpaired) electrons. The van der Waals surface area contributed by atoms with Gasteiger partial charge in [-0.25, -0.2) is 27.9 Å². The zero-order chi connectivity index (χ0) is 24.1. The number of nitrogens with one attached hydrogen (secondary N) is 1. The maximum Gasteiger partial charge on any atom is 0.490 e. The van der Waals surface area contributed by atoms with Crippen LogP contribution in [0.4, 0.5) is 19.0 Å². The normalized spacial score (nSPS) is 12.0. The molecule has 0 aliphatic carbocycles. The van der Waals surface area contributed by atoms with Crippen LogP contribution in [0.1, 0.15) is 25.6 Å². The zero-order valence-electron chi connectivity index (χ0n) is 17.5. The van der Waals surface area contributed by atoms with E-state index in [0.717, 1.165) is 47.8 Å². The van der Waals surface area contributed by atoms with Gasteiger partial charge in [-0.05, 0) is 12.5 Å². The number of imidazole rings is 1. The molecule has 3 aromatic rings. The van der Waals surface area contributed by atoms with Crippen LogP contribution in [0.5, 0.6) is 0 Å². The highest BCUT2D eigenvalue weighted by atomic mass is 32.2. The zero-order valence-corrected chi connectivity index (χ0v) is 18.3. The second-order valence-electron chi connectivity index (χ2n) is 6.96. The molecule has 0 saturated carbocycles. The first kappa shape index (κ1) is 25.3. The average molecular weight is 475 g/mol. The predicted molar refractivity (Wildman–Crippen MR) is 115 cm³/mol. The first-order valence-corrected chi connectivity index (χ1v) is 11.5. The molecule has 176 valence electrons. The lowest BCUT2D eigenvalue weighted by Gasteiger charge is -2.11. The fourth-order valence-corrected chi connectivity index (χ4v) is 3.48. The van der Waals surface area contributed by atoms with Gasteiger partial charge in [-0.2, -0.15) is 13.2 Å². The van der Waals surface area contributed by atoms with Crippen molar-refractivity contribution in [1.82, 2.24) is 19.3 Å². The summed E-state index contributed by atoms with van der Waals surface area (Å²) in [5, 5.41) is 8.10. The minimum atomic E-state index is -5.08. The van der Waals surface area contributed by atoms with E-state index in [1.54, 1.807) is 0 Å².